The van der Waals surface area contributed by atoms with Crippen molar-refractivity contribution in [3.05, 3.63) is 48.0 Å². The largest absolute Gasteiger partial charge is 0.335 e. The fraction of sp³-hybridized carbons (Fsp3) is 0.429. The second kappa shape index (κ2) is 6.81. The van der Waals surface area contributed by atoms with Gasteiger partial charge in [-0.15, -0.1) is 0 Å². The van der Waals surface area contributed by atoms with Gasteiger partial charge in [0.05, 0.1) is 11.4 Å². The Bertz CT molecular complexity index is 726. The van der Waals surface area contributed by atoms with Crippen LogP contribution in [0.2, 0.25) is 0 Å². The molecule has 2 aliphatic rings. The van der Waals surface area contributed by atoms with Crippen LogP contribution < -0.4 is 4.90 Å². The Morgan fingerprint density at radius 2 is 1.92 bits per heavy atom. The van der Waals surface area contributed by atoms with E-state index in [-0.39, 0.29) is 0 Å². The highest BCUT2D eigenvalue weighted by Gasteiger charge is 2.31. The number of hydrogen-bond donors (Lipinski definition) is 0. The van der Waals surface area contributed by atoms with Gasteiger partial charge in [0.15, 0.2) is 0 Å². The summed E-state index contributed by atoms with van der Waals surface area (Å²) < 4.78 is 0. The highest BCUT2D eigenvalue weighted by Crippen LogP contribution is 2.49. The molecule has 0 amide bonds. The second-order valence-electron chi connectivity index (χ2n) is 7.01. The first-order valence-electron chi connectivity index (χ1n) is 9.15. The molecule has 126 valence electrons. The highest BCUT2D eigenvalue weighted by molar-refractivity contribution is 7.99. The molecule has 0 N–H and O–H groups in total. The molecule has 1 atom stereocenters. The van der Waals surface area contributed by atoms with Crippen LogP contribution in [0.3, 0.4) is 0 Å². The summed E-state index contributed by atoms with van der Waals surface area (Å²) in [7, 11) is 0. The summed E-state index contributed by atoms with van der Waals surface area (Å²) in [5.74, 6) is 0. The first-order chi connectivity index (χ1) is 11.8. The predicted octanol–water partition coefficient (Wildman–Crippen LogP) is 5.47. The van der Waals surface area contributed by atoms with Crippen molar-refractivity contribution in [2.24, 2.45) is 0 Å². The van der Waals surface area contributed by atoms with Crippen LogP contribution in [0.25, 0.3) is 0 Å². The van der Waals surface area contributed by atoms with Crippen LogP contribution in [-0.4, -0.2) is 30.6 Å². The molecule has 0 saturated carbocycles. The molecular formula is C21H26N2S. The third kappa shape index (κ3) is 2.96. The summed E-state index contributed by atoms with van der Waals surface area (Å²) in [4.78, 5) is 8.07. The van der Waals surface area contributed by atoms with E-state index >= 15 is 0 Å². The lowest BCUT2D eigenvalue weighted by Gasteiger charge is -2.43. The maximum absolute atomic E-state index is 2.65. The molecule has 2 heterocycles. The average molecular weight is 339 g/mol. The van der Waals surface area contributed by atoms with Crippen molar-refractivity contribution in [2.75, 3.05) is 24.5 Å². The maximum Gasteiger partial charge on any atom is 0.0558 e. The average Bonchev–Trinajstić information content (AvgIpc) is 2.60. The second-order valence-corrected chi connectivity index (χ2v) is 8.09. The van der Waals surface area contributed by atoms with Crippen LogP contribution in [0.4, 0.5) is 11.4 Å². The molecule has 2 aromatic carbocycles. The fourth-order valence-electron chi connectivity index (χ4n) is 4.05. The Labute approximate surface area is 149 Å². The summed E-state index contributed by atoms with van der Waals surface area (Å²) >= 11 is 1.91. The molecule has 2 nitrogen and oxygen atoms in total. The van der Waals surface area contributed by atoms with Gasteiger partial charge in [-0.2, -0.15) is 0 Å². The Hall–Kier alpha value is -1.45. The standard InChI is InChI=1S/C21H26N2S/c1-3-12-22-13-6-7-17(15-22)23-18-8-4-5-9-20(18)24-21-11-10-16(2)14-19(21)23/h4-5,8-11,14,17H,3,6-7,12-13,15H2,1-2H3. The summed E-state index contributed by atoms with van der Waals surface area (Å²) in [6, 6.07) is 16.4. The molecule has 2 aromatic rings. The van der Waals surface area contributed by atoms with Crippen molar-refractivity contribution < 1.29 is 0 Å². The molecule has 2 aliphatic heterocycles. The van der Waals surface area contributed by atoms with Crippen LogP contribution >= 0.6 is 11.8 Å². The van der Waals surface area contributed by atoms with E-state index in [4.69, 9.17) is 0 Å². The number of fused-ring (bicyclic) bond motifs is 2. The van der Waals surface area contributed by atoms with Crippen LogP contribution in [0.1, 0.15) is 31.7 Å². The number of benzene rings is 2. The summed E-state index contributed by atoms with van der Waals surface area (Å²) in [5.41, 5.74) is 4.14. The molecule has 1 unspecified atom stereocenters. The van der Waals surface area contributed by atoms with Crippen LogP contribution in [-0.2, 0) is 0 Å². The zero-order valence-corrected chi connectivity index (χ0v) is 15.5. The van der Waals surface area contributed by atoms with E-state index in [1.165, 1.54) is 65.6 Å². The van der Waals surface area contributed by atoms with E-state index in [0.717, 1.165) is 0 Å². The Balaban J connectivity index is 1.75. The topological polar surface area (TPSA) is 6.48 Å². The molecule has 3 heteroatoms. The van der Waals surface area contributed by atoms with Gasteiger partial charge in [-0.3, -0.25) is 0 Å². The van der Waals surface area contributed by atoms with Gasteiger partial charge in [-0.05, 0) is 69.1 Å². The third-order valence-corrected chi connectivity index (χ3v) is 6.23. The van der Waals surface area contributed by atoms with E-state index in [1.54, 1.807) is 0 Å². The summed E-state index contributed by atoms with van der Waals surface area (Å²) in [6.07, 6.45) is 3.83. The molecule has 0 spiro atoms. The van der Waals surface area contributed by atoms with E-state index in [9.17, 15) is 0 Å². The molecule has 24 heavy (non-hydrogen) atoms. The van der Waals surface area contributed by atoms with Crippen molar-refractivity contribution in [3.8, 4) is 0 Å². The lowest BCUT2D eigenvalue weighted by Crippen LogP contribution is -2.47. The van der Waals surface area contributed by atoms with E-state index in [1.807, 2.05) is 11.8 Å². The molecule has 1 fully saturated rings. The molecule has 1 saturated heterocycles. The number of likely N-dealkylation sites (tertiary alicyclic amines) is 1. The van der Waals surface area contributed by atoms with Crippen LogP contribution in [0, 0.1) is 6.92 Å². The minimum absolute atomic E-state index is 0.577. The van der Waals surface area contributed by atoms with Gasteiger partial charge in [0, 0.05) is 22.4 Å². The van der Waals surface area contributed by atoms with Gasteiger partial charge < -0.3 is 9.80 Å². The SMILES string of the molecule is CCCN1CCCC(N2c3ccccc3Sc3ccc(C)cc32)C1. The number of nitrogens with zero attached hydrogens (tertiary/aromatic N) is 2. The molecule has 0 radical (unpaired) electrons. The minimum atomic E-state index is 0.577. The van der Waals surface area contributed by atoms with Crippen LogP contribution in [0.15, 0.2) is 52.3 Å². The fourth-order valence-corrected chi connectivity index (χ4v) is 5.10. The maximum atomic E-state index is 2.65. The molecule has 4 rings (SSSR count). The Kier molecular flexibility index (Phi) is 4.55. The van der Waals surface area contributed by atoms with Gasteiger partial charge in [-0.1, -0.05) is 36.9 Å². The Morgan fingerprint density at radius 1 is 1.08 bits per heavy atom. The van der Waals surface area contributed by atoms with E-state index < -0.39 is 0 Å². The van der Waals surface area contributed by atoms with Crippen molar-refractivity contribution >= 4 is 23.1 Å². The normalized spacial score (nSPS) is 20.6. The first kappa shape index (κ1) is 16.0. The number of aryl methyl sites for hydroxylation is 1. The highest BCUT2D eigenvalue weighted by atomic mass is 32.2. The number of para-hydroxylation sites is 1. The number of anilines is 2. The van der Waals surface area contributed by atoms with Gasteiger partial charge in [0.1, 0.15) is 0 Å². The van der Waals surface area contributed by atoms with Crippen molar-refractivity contribution in [1.29, 1.82) is 0 Å². The van der Waals surface area contributed by atoms with Crippen molar-refractivity contribution in [1.82, 2.24) is 4.90 Å². The number of piperidine rings is 1. The Morgan fingerprint density at radius 3 is 2.79 bits per heavy atom. The third-order valence-electron chi connectivity index (χ3n) is 5.10. The monoisotopic (exact) mass is 338 g/mol. The lowest BCUT2D eigenvalue weighted by molar-refractivity contribution is 0.208. The van der Waals surface area contributed by atoms with Gasteiger partial charge in [0.2, 0.25) is 0 Å². The molecular weight excluding hydrogens is 312 g/mol. The number of rotatable bonds is 3. The number of hydrogen-bond acceptors (Lipinski definition) is 3. The van der Waals surface area contributed by atoms with Gasteiger partial charge in [-0.25, -0.2) is 0 Å². The van der Waals surface area contributed by atoms with E-state index in [2.05, 4.69) is 66.1 Å². The smallest absolute Gasteiger partial charge is 0.0558 e. The lowest BCUT2D eigenvalue weighted by atomic mass is 10.0. The van der Waals surface area contributed by atoms with Crippen molar-refractivity contribution in [3.63, 3.8) is 0 Å². The summed E-state index contributed by atoms with van der Waals surface area (Å²) in [5, 5.41) is 0. The van der Waals surface area contributed by atoms with Gasteiger partial charge >= 0.3 is 0 Å². The summed E-state index contributed by atoms with van der Waals surface area (Å²) in [6.45, 7) is 8.15. The quantitative estimate of drug-likeness (QED) is 0.732. The van der Waals surface area contributed by atoms with Gasteiger partial charge in [0.25, 0.3) is 0 Å². The molecule has 0 aromatic heterocycles. The van der Waals surface area contributed by atoms with Crippen molar-refractivity contribution in [2.45, 2.75) is 48.9 Å². The molecule has 0 aliphatic carbocycles. The zero-order valence-electron chi connectivity index (χ0n) is 14.7. The van der Waals surface area contributed by atoms with E-state index in [0.29, 0.717) is 6.04 Å². The van der Waals surface area contributed by atoms with Crippen LogP contribution in [0.5, 0.6) is 0 Å². The minimum Gasteiger partial charge on any atom is -0.335 e. The molecule has 0 bridgehead atoms. The zero-order chi connectivity index (χ0) is 16.5. The predicted molar refractivity (Wildman–Crippen MR) is 104 cm³/mol. The first-order valence-corrected chi connectivity index (χ1v) is 9.97.